The highest BCUT2D eigenvalue weighted by Crippen LogP contribution is 2.23. The van der Waals surface area contributed by atoms with Crippen molar-refractivity contribution < 1.29 is 19.1 Å². The van der Waals surface area contributed by atoms with Crippen molar-refractivity contribution in [3.05, 3.63) is 41.0 Å². The van der Waals surface area contributed by atoms with Crippen LogP contribution in [0.2, 0.25) is 0 Å². The molecule has 0 saturated heterocycles. The third-order valence-corrected chi connectivity index (χ3v) is 3.26. The Bertz CT molecular complexity index is 686. The first-order valence-electron chi connectivity index (χ1n) is 6.26. The number of thiophene rings is 1. The molecule has 0 fully saturated rings. The van der Waals surface area contributed by atoms with Gasteiger partial charge in [0.1, 0.15) is 5.00 Å². The van der Waals surface area contributed by atoms with E-state index in [0.717, 1.165) is 11.3 Å². The van der Waals surface area contributed by atoms with E-state index < -0.39 is 17.9 Å². The van der Waals surface area contributed by atoms with Crippen LogP contribution in [-0.2, 0) is 4.74 Å². The molecule has 2 rings (SSSR count). The van der Waals surface area contributed by atoms with Gasteiger partial charge in [-0.15, -0.1) is 16.4 Å². The lowest BCUT2D eigenvalue weighted by atomic mass is 10.3. The maximum Gasteiger partial charge on any atom is 0.414 e. The summed E-state index contributed by atoms with van der Waals surface area (Å²) in [4.78, 5) is 35.2. The fourth-order valence-corrected chi connectivity index (χ4v) is 2.28. The first-order valence-corrected chi connectivity index (χ1v) is 7.14. The Morgan fingerprint density at radius 1 is 1.27 bits per heavy atom. The van der Waals surface area contributed by atoms with Crippen LogP contribution in [0.15, 0.2) is 29.8 Å². The number of amides is 3. The summed E-state index contributed by atoms with van der Waals surface area (Å²) < 4.78 is 4.63. The van der Waals surface area contributed by atoms with Crippen molar-refractivity contribution in [2.45, 2.75) is 6.92 Å². The van der Waals surface area contributed by atoms with Gasteiger partial charge in [0, 0.05) is 6.20 Å². The van der Waals surface area contributed by atoms with Crippen molar-refractivity contribution in [1.82, 2.24) is 15.5 Å². The van der Waals surface area contributed by atoms with Gasteiger partial charge in [0.2, 0.25) is 0 Å². The zero-order valence-corrected chi connectivity index (χ0v) is 12.3. The number of hydrogen-bond acceptors (Lipinski definition) is 7. The second-order valence-corrected chi connectivity index (χ2v) is 4.82. The van der Waals surface area contributed by atoms with Crippen LogP contribution in [-0.4, -0.2) is 34.7 Å². The highest BCUT2D eigenvalue weighted by atomic mass is 32.1. The van der Waals surface area contributed by atoms with Crippen LogP contribution >= 0.6 is 11.3 Å². The molecule has 0 bridgehead atoms. The van der Waals surface area contributed by atoms with Crippen LogP contribution in [0.25, 0.3) is 0 Å². The van der Waals surface area contributed by atoms with E-state index in [4.69, 9.17) is 0 Å². The molecule has 2 aromatic heterocycles. The summed E-state index contributed by atoms with van der Waals surface area (Å²) in [6, 6.07) is 4.56. The molecule has 2 heterocycles. The monoisotopic (exact) mass is 320 g/mol. The van der Waals surface area contributed by atoms with Gasteiger partial charge in [-0.3, -0.25) is 14.9 Å². The second-order valence-electron chi connectivity index (χ2n) is 3.90. The van der Waals surface area contributed by atoms with Crippen molar-refractivity contribution in [1.29, 1.82) is 0 Å². The van der Waals surface area contributed by atoms with E-state index in [1.807, 2.05) is 0 Å². The van der Waals surface area contributed by atoms with Crippen LogP contribution in [0, 0.1) is 0 Å². The van der Waals surface area contributed by atoms with Crippen molar-refractivity contribution in [2.75, 3.05) is 11.9 Å². The number of ether oxygens (including phenoxy) is 1. The lowest BCUT2D eigenvalue weighted by Crippen LogP contribution is -2.31. The Kier molecular flexibility index (Phi) is 5.15. The van der Waals surface area contributed by atoms with E-state index in [1.54, 1.807) is 18.4 Å². The second kappa shape index (κ2) is 7.27. The minimum Gasteiger partial charge on any atom is -0.450 e. The summed E-state index contributed by atoms with van der Waals surface area (Å²) in [6.45, 7) is 1.78. The minimum atomic E-state index is -0.843. The Morgan fingerprint density at radius 2 is 2.09 bits per heavy atom. The zero-order valence-electron chi connectivity index (χ0n) is 11.5. The number of rotatable bonds is 4. The molecule has 0 spiro atoms. The number of anilines is 1. The van der Waals surface area contributed by atoms with Crippen LogP contribution in [0.3, 0.4) is 0 Å². The van der Waals surface area contributed by atoms with Crippen molar-refractivity contribution in [2.24, 2.45) is 0 Å². The maximum absolute atomic E-state index is 12.0. The number of aromatic nitrogens is 2. The molecule has 8 nitrogen and oxygen atoms in total. The maximum atomic E-state index is 12.0. The molecule has 2 aromatic rings. The molecule has 0 aromatic carbocycles. The summed E-state index contributed by atoms with van der Waals surface area (Å²) in [5, 5.41) is 13.8. The van der Waals surface area contributed by atoms with Crippen molar-refractivity contribution in [3.8, 4) is 0 Å². The number of alkyl carbamates (subject to hydrolysis) is 1. The molecule has 22 heavy (non-hydrogen) atoms. The highest BCUT2D eigenvalue weighted by Gasteiger charge is 2.18. The standard InChI is InChI=1S/C13H12N4O4S/c1-2-21-13(20)16-10(18)8-5-7-22-12(8)15-11(19)9-4-3-6-14-17-9/h3-7H,2H2,1H3,(H,15,19)(H,16,18,20). The topological polar surface area (TPSA) is 110 Å². The van der Waals surface area contributed by atoms with Gasteiger partial charge >= 0.3 is 6.09 Å². The van der Waals surface area contributed by atoms with Crippen molar-refractivity contribution >= 4 is 34.2 Å². The van der Waals surface area contributed by atoms with Gasteiger partial charge in [-0.2, -0.15) is 5.10 Å². The summed E-state index contributed by atoms with van der Waals surface area (Å²) in [6.07, 6.45) is 0.602. The average molecular weight is 320 g/mol. The van der Waals surface area contributed by atoms with E-state index in [0.29, 0.717) is 5.00 Å². The molecule has 0 saturated carbocycles. The summed E-state index contributed by atoms with van der Waals surface area (Å²) in [7, 11) is 0. The lowest BCUT2D eigenvalue weighted by molar-refractivity contribution is 0.0926. The van der Waals surface area contributed by atoms with Gasteiger partial charge in [-0.05, 0) is 30.5 Å². The molecule has 9 heteroatoms. The molecule has 3 amide bonds. The number of imide groups is 1. The smallest absolute Gasteiger partial charge is 0.414 e. The molecule has 0 radical (unpaired) electrons. The number of nitrogens with one attached hydrogen (secondary N) is 2. The highest BCUT2D eigenvalue weighted by molar-refractivity contribution is 7.14. The predicted molar refractivity (Wildman–Crippen MR) is 78.8 cm³/mol. The van der Waals surface area contributed by atoms with Gasteiger partial charge in [-0.1, -0.05) is 0 Å². The van der Waals surface area contributed by atoms with Gasteiger partial charge in [-0.25, -0.2) is 4.79 Å². The number of nitrogens with zero attached hydrogens (tertiary/aromatic N) is 2. The van der Waals surface area contributed by atoms with E-state index in [2.05, 4.69) is 25.6 Å². The molecular formula is C13H12N4O4S. The fourth-order valence-electron chi connectivity index (χ4n) is 1.50. The quantitative estimate of drug-likeness (QED) is 0.886. The van der Waals surface area contributed by atoms with E-state index >= 15 is 0 Å². The molecule has 0 atom stereocenters. The first-order chi connectivity index (χ1) is 10.6. The van der Waals surface area contributed by atoms with Gasteiger partial charge in [0.15, 0.2) is 5.69 Å². The van der Waals surface area contributed by atoms with E-state index in [-0.39, 0.29) is 17.9 Å². The van der Waals surface area contributed by atoms with Crippen LogP contribution < -0.4 is 10.6 Å². The van der Waals surface area contributed by atoms with Gasteiger partial charge in [0.05, 0.1) is 12.2 Å². The first kappa shape index (κ1) is 15.6. The molecule has 114 valence electrons. The molecule has 0 aliphatic carbocycles. The largest absolute Gasteiger partial charge is 0.450 e. The molecular weight excluding hydrogens is 308 g/mol. The Hall–Kier alpha value is -2.81. The van der Waals surface area contributed by atoms with Gasteiger partial charge < -0.3 is 10.1 Å². The number of carbonyl (C=O) groups excluding carboxylic acids is 3. The van der Waals surface area contributed by atoms with Crippen molar-refractivity contribution in [3.63, 3.8) is 0 Å². The normalized spacial score (nSPS) is 9.86. The Labute approximate surface area is 129 Å². The lowest BCUT2D eigenvalue weighted by Gasteiger charge is -2.06. The third-order valence-electron chi connectivity index (χ3n) is 2.43. The summed E-state index contributed by atoms with van der Waals surface area (Å²) in [5.41, 5.74) is 0.281. The van der Waals surface area contributed by atoms with Gasteiger partial charge in [0.25, 0.3) is 11.8 Å². The minimum absolute atomic E-state index is 0.118. The SMILES string of the molecule is CCOC(=O)NC(=O)c1ccsc1NC(=O)c1cccnn1. The number of hydrogen-bond donors (Lipinski definition) is 2. The van der Waals surface area contributed by atoms with Crippen LogP contribution in [0.5, 0.6) is 0 Å². The zero-order chi connectivity index (χ0) is 15.9. The molecule has 0 unspecified atom stereocenters. The molecule has 0 aliphatic rings. The predicted octanol–water partition coefficient (Wildman–Crippen LogP) is 1.68. The van der Waals surface area contributed by atoms with Crippen LogP contribution in [0.4, 0.5) is 9.80 Å². The Morgan fingerprint density at radius 3 is 2.77 bits per heavy atom. The fraction of sp³-hybridized carbons (Fsp3) is 0.154. The third kappa shape index (κ3) is 3.85. The molecule has 2 N–H and O–H groups in total. The molecule has 0 aliphatic heterocycles. The van der Waals surface area contributed by atoms with E-state index in [9.17, 15) is 14.4 Å². The average Bonchev–Trinajstić information content (AvgIpc) is 2.96. The van der Waals surface area contributed by atoms with Crippen LogP contribution in [0.1, 0.15) is 27.8 Å². The number of carbonyl (C=O) groups is 3. The summed E-state index contributed by atoms with van der Waals surface area (Å²) >= 11 is 1.15. The van der Waals surface area contributed by atoms with E-state index in [1.165, 1.54) is 18.3 Å². The Balaban J connectivity index is 2.08. The summed E-state index contributed by atoms with van der Waals surface area (Å²) in [5.74, 6) is -1.16.